The SMILES string of the molecule is CC1CCCC1NC(=O)NC1CCC1. The van der Waals surface area contributed by atoms with Crippen LogP contribution in [-0.2, 0) is 0 Å². The number of carbonyl (C=O) groups excluding carboxylic acids is 1. The number of hydrogen-bond donors (Lipinski definition) is 2. The third-order valence-corrected chi connectivity index (χ3v) is 3.62. The molecule has 2 unspecified atom stereocenters. The van der Waals surface area contributed by atoms with Gasteiger partial charge in [0.2, 0.25) is 0 Å². The summed E-state index contributed by atoms with van der Waals surface area (Å²) in [6.45, 7) is 2.22. The van der Waals surface area contributed by atoms with E-state index in [0.29, 0.717) is 18.0 Å². The molecule has 0 aromatic carbocycles. The van der Waals surface area contributed by atoms with Gasteiger partial charge in [0.05, 0.1) is 0 Å². The molecular weight excluding hydrogens is 176 g/mol. The van der Waals surface area contributed by atoms with Gasteiger partial charge in [0.15, 0.2) is 0 Å². The van der Waals surface area contributed by atoms with Crippen LogP contribution in [0.3, 0.4) is 0 Å². The van der Waals surface area contributed by atoms with Gasteiger partial charge in [0, 0.05) is 12.1 Å². The number of amides is 2. The summed E-state index contributed by atoms with van der Waals surface area (Å²) in [7, 11) is 0. The first-order valence-corrected chi connectivity index (χ1v) is 5.83. The van der Waals surface area contributed by atoms with Crippen LogP contribution >= 0.6 is 0 Å². The van der Waals surface area contributed by atoms with E-state index in [1.165, 1.54) is 19.3 Å². The minimum atomic E-state index is 0.0495. The van der Waals surface area contributed by atoms with Crippen LogP contribution in [0.1, 0.15) is 45.4 Å². The highest BCUT2D eigenvalue weighted by Gasteiger charge is 2.26. The van der Waals surface area contributed by atoms with Gasteiger partial charge < -0.3 is 10.6 Å². The van der Waals surface area contributed by atoms with Crippen LogP contribution in [0.2, 0.25) is 0 Å². The van der Waals surface area contributed by atoms with E-state index in [9.17, 15) is 4.79 Å². The molecule has 2 rings (SSSR count). The fourth-order valence-corrected chi connectivity index (χ4v) is 2.31. The first-order valence-electron chi connectivity index (χ1n) is 5.83. The Morgan fingerprint density at radius 2 is 1.79 bits per heavy atom. The highest BCUT2D eigenvalue weighted by molar-refractivity contribution is 5.74. The third-order valence-electron chi connectivity index (χ3n) is 3.62. The molecule has 2 fully saturated rings. The summed E-state index contributed by atoms with van der Waals surface area (Å²) >= 11 is 0. The molecule has 0 spiro atoms. The lowest BCUT2D eigenvalue weighted by molar-refractivity contribution is 0.222. The molecule has 14 heavy (non-hydrogen) atoms. The molecular formula is C11H20N2O. The molecule has 2 amide bonds. The van der Waals surface area contributed by atoms with Crippen molar-refractivity contribution in [3.63, 3.8) is 0 Å². The zero-order valence-electron chi connectivity index (χ0n) is 8.88. The van der Waals surface area contributed by atoms with Crippen molar-refractivity contribution in [2.75, 3.05) is 0 Å². The predicted octanol–water partition coefficient (Wildman–Crippen LogP) is 2.03. The van der Waals surface area contributed by atoms with E-state index in [4.69, 9.17) is 0 Å². The van der Waals surface area contributed by atoms with E-state index in [-0.39, 0.29) is 6.03 Å². The average Bonchev–Trinajstić information content (AvgIpc) is 2.45. The molecule has 0 aromatic rings. The van der Waals surface area contributed by atoms with E-state index < -0.39 is 0 Å². The van der Waals surface area contributed by atoms with Crippen molar-refractivity contribution in [3.8, 4) is 0 Å². The summed E-state index contributed by atoms with van der Waals surface area (Å²) in [5, 5.41) is 6.09. The second-order valence-corrected chi connectivity index (χ2v) is 4.76. The molecule has 0 bridgehead atoms. The van der Waals surface area contributed by atoms with Crippen molar-refractivity contribution >= 4 is 6.03 Å². The number of nitrogens with one attached hydrogen (secondary N) is 2. The number of hydrogen-bond acceptors (Lipinski definition) is 1. The largest absolute Gasteiger partial charge is 0.335 e. The quantitative estimate of drug-likeness (QED) is 0.697. The molecule has 3 nitrogen and oxygen atoms in total. The highest BCUT2D eigenvalue weighted by atomic mass is 16.2. The second kappa shape index (κ2) is 4.20. The van der Waals surface area contributed by atoms with Crippen LogP contribution in [0.25, 0.3) is 0 Å². The van der Waals surface area contributed by atoms with E-state index in [2.05, 4.69) is 17.6 Å². The van der Waals surface area contributed by atoms with Crippen molar-refractivity contribution in [3.05, 3.63) is 0 Å². The number of carbonyl (C=O) groups is 1. The summed E-state index contributed by atoms with van der Waals surface area (Å²) in [6.07, 6.45) is 7.26. The van der Waals surface area contributed by atoms with Crippen molar-refractivity contribution in [1.82, 2.24) is 10.6 Å². The summed E-state index contributed by atoms with van der Waals surface area (Å²) in [4.78, 5) is 11.5. The third kappa shape index (κ3) is 2.20. The van der Waals surface area contributed by atoms with Gasteiger partial charge >= 0.3 is 6.03 Å². The Morgan fingerprint density at radius 1 is 1.07 bits per heavy atom. The highest BCUT2D eigenvalue weighted by Crippen LogP contribution is 2.24. The molecule has 0 aromatic heterocycles. The van der Waals surface area contributed by atoms with Crippen molar-refractivity contribution in [2.45, 2.75) is 57.5 Å². The maximum Gasteiger partial charge on any atom is 0.315 e. The molecule has 0 heterocycles. The topological polar surface area (TPSA) is 41.1 Å². The Kier molecular flexibility index (Phi) is 2.94. The summed E-state index contributed by atoms with van der Waals surface area (Å²) in [5.74, 6) is 0.655. The average molecular weight is 196 g/mol. The van der Waals surface area contributed by atoms with Crippen molar-refractivity contribution < 1.29 is 4.79 Å². The fourth-order valence-electron chi connectivity index (χ4n) is 2.31. The van der Waals surface area contributed by atoms with E-state index >= 15 is 0 Å². The van der Waals surface area contributed by atoms with Crippen molar-refractivity contribution in [1.29, 1.82) is 0 Å². The van der Waals surface area contributed by atoms with Gasteiger partial charge in [0.25, 0.3) is 0 Å². The van der Waals surface area contributed by atoms with Gasteiger partial charge in [-0.2, -0.15) is 0 Å². The van der Waals surface area contributed by atoms with Gasteiger partial charge in [-0.3, -0.25) is 0 Å². The van der Waals surface area contributed by atoms with Gasteiger partial charge in [0.1, 0.15) is 0 Å². The lowest BCUT2D eigenvalue weighted by atomic mass is 9.93. The zero-order valence-corrected chi connectivity index (χ0v) is 8.88. The Labute approximate surface area is 85.6 Å². The molecule has 2 N–H and O–H groups in total. The van der Waals surface area contributed by atoms with Crippen LogP contribution < -0.4 is 10.6 Å². The Morgan fingerprint density at radius 3 is 2.29 bits per heavy atom. The first kappa shape index (κ1) is 9.81. The van der Waals surface area contributed by atoms with E-state index in [1.54, 1.807) is 0 Å². The summed E-state index contributed by atoms with van der Waals surface area (Å²) < 4.78 is 0. The molecule has 2 aliphatic rings. The number of rotatable bonds is 2. The minimum absolute atomic E-state index is 0.0495. The predicted molar refractivity (Wildman–Crippen MR) is 56.1 cm³/mol. The maximum atomic E-state index is 11.5. The number of urea groups is 1. The molecule has 0 aliphatic heterocycles. The second-order valence-electron chi connectivity index (χ2n) is 4.76. The monoisotopic (exact) mass is 196 g/mol. The molecule has 2 saturated carbocycles. The standard InChI is InChI=1S/C11H20N2O/c1-8-4-2-7-10(8)13-11(14)12-9-5-3-6-9/h8-10H,2-7H2,1H3,(H2,12,13,14). The Bertz CT molecular complexity index is 213. The molecule has 3 heteroatoms. The van der Waals surface area contributed by atoms with Crippen LogP contribution in [0.4, 0.5) is 4.79 Å². The van der Waals surface area contributed by atoms with Crippen LogP contribution in [0, 0.1) is 5.92 Å². The van der Waals surface area contributed by atoms with Gasteiger partial charge in [-0.25, -0.2) is 4.79 Å². The van der Waals surface area contributed by atoms with E-state index in [0.717, 1.165) is 19.3 Å². The van der Waals surface area contributed by atoms with Gasteiger partial charge in [-0.05, 0) is 38.0 Å². The zero-order chi connectivity index (χ0) is 9.97. The molecule has 0 radical (unpaired) electrons. The molecule has 2 atom stereocenters. The fraction of sp³-hybridized carbons (Fsp3) is 0.909. The Balaban J connectivity index is 1.70. The van der Waals surface area contributed by atoms with Crippen LogP contribution in [0.5, 0.6) is 0 Å². The summed E-state index contributed by atoms with van der Waals surface area (Å²) in [6, 6.07) is 0.912. The lowest BCUT2D eigenvalue weighted by Gasteiger charge is -2.27. The maximum absolute atomic E-state index is 11.5. The van der Waals surface area contributed by atoms with Crippen molar-refractivity contribution in [2.24, 2.45) is 5.92 Å². The molecule has 0 saturated heterocycles. The minimum Gasteiger partial charge on any atom is -0.335 e. The van der Waals surface area contributed by atoms with Gasteiger partial charge in [-0.1, -0.05) is 13.3 Å². The first-order chi connectivity index (χ1) is 6.75. The van der Waals surface area contributed by atoms with Crippen LogP contribution in [-0.4, -0.2) is 18.1 Å². The Hall–Kier alpha value is -0.730. The smallest absolute Gasteiger partial charge is 0.315 e. The summed E-state index contributed by atoms with van der Waals surface area (Å²) in [5.41, 5.74) is 0. The lowest BCUT2D eigenvalue weighted by Crippen LogP contribution is -2.49. The van der Waals surface area contributed by atoms with Crippen LogP contribution in [0.15, 0.2) is 0 Å². The normalized spacial score (nSPS) is 32.4. The molecule has 2 aliphatic carbocycles. The molecule has 80 valence electrons. The van der Waals surface area contributed by atoms with E-state index in [1.807, 2.05) is 0 Å². The van der Waals surface area contributed by atoms with Gasteiger partial charge in [-0.15, -0.1) is 0 Å².